The van der Waals surface area contributed by atoms with Gasteiger partial charge in [0.25, 0.3) is 5.91 Å². The van der Waals surface area contributed by atoms with E-state index < -0.39 is 11.6 Å². The maximum atomic E-state index is 14.2. The first-order valence-electron chi connectivity index (χ1n) is 14.7. The molecule has 8 heteroatoms. The summed E-state index contributed by atoms with van der Waals surface area (Å²) in [5.41, 5.74) is 8.56. The number of aliphatic hydroxyl groups is 1. The van der Waals surface area contributed by atoms with Gasteiger partial charge < -0.3 is 14.6 Å². The standard InChI is InChI=1S/C36H36BrN3O4/c37-31-18-14-29(15-19-31)33-36(23-7-13-27-9-3-1-4-10-27,35(42)40-38-24-22-28-11-5-2-6-12-28)39-34(44-33)30-16-20-32(21-17-30)43-26-8-25-41/h1-7,9-21,33,38,41H,8,22-26H2,(H,40,42)/b13-7+/t33-,36-/m0/s1. The summed E-state index contributed by atoms with van der Waals surface area (Å²) in [6.45, 7) is 1.06. The van der Waals surface area contributed by atoms with Crippen molar-refractivity contribution in [2.75, 3.05) is 19.8 Å². The number of amides is 1. The Morgan fingerprint density at radius 1 is 0.955 bits per heavy atom. The Bertz CT molecular complexity index is 1540. The zero-order valence-electron chi connectivity index (χ0n) is 24.4. The monoisotopic (exact) mass is 653 g/mol. The molecule has 0 radical (unpaired) electrons. The van der Waals surface area contributed by atoms with E-state index in [2.05, 4.69) is 38.9 Å². The highest BCUT2D eigenvalue weighted by molar-refractivity contribution is 9.10. The van der Waals surface area contributed by atoms with Crippen molar-refractivity contribution in [1.82, 2.24) is 10.9 Å². The van der Waals surface area contributed by atoms with Gasteiger partial charge in [-0.3, -0.25) is 10.2 Å². The number of hydrogen-bond acceptors (Lipinski definition) is 6. The second-order valence-electron chi connectivity index (χ2n) is 10.5. The van der Waals surface area contributed by atoms with E-state index in [9.17, 15) is 4.79 Å². The van der Waals surface area contributed by atoms with Crippen LogP contribution < -0.4 is 15.6 Å². The van der Waals surface area contributed by atoms with Gasteiger partial charge >= 0.3 is 0 Å². The van der Waals surface area contributed by atoms with Gasteiger partial charge in [-0.15, -0.1) is 0 Å². The maximum Gasteiger partial charge on any atom is 0.266 e. The number of nitrogens with zero attached hydrogens (tertiary/aromatic N) is 1. The average molecular weight is 655 g/mol. The molecule has 0 aromatic heterocycles. The van der Waals surface area contributed by atoms with Crippen LogP contribution in [-0.2, 0) is 16.0 Å². The first kappa shape index (κ1) is 31.2. The third-order valence-corrected chi connectivity index (χ3v) is 7.85. The van der Waals surface area contributed by atoms with E-state index in [1.165, 1.54) is 5.56 Å². The molecule has 0 spiro atoms. The Kier molecular flexibility index (Phi) is 11.0. The molecule has 4 aromatic carbocycles. The summed E-state index contributed by atoms with van der Waals surface area (Å²) < 4.78 is 13.2. The molecule has 0 unspecified atom stereocenters. The number of carbonyl (C=O) groups excluding carboxylic acids is 1. The molecule has 0 bridgehead atoms. The Morgan fingerprint density at radius 2 is 1.66 bits per heavy atom. The van der Waals surface area contributed by atoms with Crippen molar-refractivity contribution in [3.63, 3.8) is 0 Å². The molecule has 0 fully saturated rings. The van der Waals surface area contributed by atoms with Gasteiger partial charge in [-0.2, -0.15) is 0 Å². The predicted octanol–water partition coefficient (Wildman–Crippen LogP) is 6.43. The molecule has 1 heterocycles. The van der Waals surface area contributed by atoms with E-state index in [0.29, 0.717) is 37.6 Å². The summed E-state index contributed by atoms with van der Waals surface area (Å²) in [6, 6.07) is 35.3. The molecule has 5 rings (SSSR count). The molecule has 1 aliphatic rings. The molecule has 1 aliphatic heterocycles. The zero-order valence-corrected chi connectivity index (χ0v) is 26.0. The van der Waals surface area contributed by atoms with Gasteiger partial charge in [-0.25, -0.2) is 10.4 Å². The first-order valence-corrected chi connectivity index (χ1v) is 15.5. The highest BCUT2D eigenvalue weighted by Gasteiger charge is 2.52. The van der Waals surface area contributed by atoms with E-state index in [-0.39, 0.29) is 12.5 Å². The number of aliphatic imine (C=N–C) groups is 1. The highest BCUT2D eigenvalue weighted by atomic mass is 79.9. The number of rotatable bonds is 14. The Labute approximate surface area is 266 Å². The van der Waals surface area contributed by atoms with Crippen LogP contribution in [-0.4, -0.2) is 42.2 Å². The molecule has 44 heavy (non-hydrogen) atoms. The van der Waals surface area contributed by atoms with Crippen molar-refractivity contribution in [3.05, 3.63) is 142 Å². The van der Waals surface area contributed by atoms with Gasteiger partial charge in [-0.05, 0) is 59.5 Å². The predicted molar refractivity (Wildman–Crippen MR) is 177 cm³/mol. The third kappa shape index (κ3) is 8.02. The van der Waals surface area contributed by atoms with Crippen LogP contribution >= 0.6 is 15.9 Å². The van der Waals surface area contributed by atoms with Gasteiger partial charge in [0.1, 0.15) is 5.75 Å². The van der Waals surface area contributed by atoms with Crippen molar-refractivity contribution < 1.29 is 19.4 Å². The maximum absolute atomic E-state index is 14.2. The van der Waals surface area contributed by atoms with E-state index in [0.717, 1.165) is 27.6 Å². The topological polar surface area (TPSA) is 92.2 Å². The fraction of sp³-hybridized carbons (Fsp3) is 0.222. The molecule has 2 atom stereocenters. The summed E-state index contributed by atoms with van der Waals surface area (Å²) in [4.78, 5) is 19.3. The SMILES string of the molecule is O=C(NNCCc1ccccc1)[C@@]1(C/C=C/c2ccccc2)N=C(c2ccc(OCCCO)cc2)O[C@H]1c1ccc(Br)cc1. The number of carbonyl (C=O) groups is 1. The van der Waals surface area contributed by atoms with Crippen molar-refractivity contribution in [2.45, 2.75) is 30.9 Å². The molecule has 7 nitrogen and oxygen atoms in total. The Balaban J connectivity index is 1.45. The minimum atomic E-state index is -1.29. The lowest BCUT2D eigenvalue weighted by molar-refractivity contribution is -0.129. The molecule has 3 N–H and O–H groups in total. The average Bonchev–Trinajstić information content (AvgIpc) is 3.45. The van der Waals surface area contributed by atoms with Crippen LogP contribution in [0.25, 0.3) is 6.08 Å². The van der Waals surface area contributed by atoms with Crippen LogP contribution in [0.3, 0.4) is 0 Å². The fourth-order valence-corrected chi connectivity index (χ4v) is 5.26. The highest BCUT2D eigenvalue weighted by Crippen LogP contribution is 2.43. The number of halogens is 1. The van der Waals surface area contributed by atoms with Gasteiger partial charge in [0, 0.05) is 36.0 Å². The molecule has 226 valence electrons. The number of nitrogens with one attached hydrogen (secondary N) is 2. The number of benzene rings is 4. The normalized spacial score (nSPS) is 17.7. The number of aliphatic hydroxyl groups excluding tert-OH is 1. The minimum Gasteiger partial charge on any atom is -0.494 e. The summed E-state index contributed by atoms with van der Waals surface area (Å²) in [5, 5.41) is 9.05. The van der Waals surface area contributed by atoms with Crippen LogP contribution in [0.1, 0.15) is 41.2 Å². The van der Waals surface area contributed by atoms with Crippen LogP contribution in [0.5, 0.6) is 5.75 Å². The van der Waals surface area contributed by atoms with Crippen molar-refractivity contribution in [3.8, 4) is 5.75 Å². The van der Waals surface area contributed by atoms with Crippen LogP contribution in [0, 0.1) is 0 Å². The zero-order chi connectivity index (χ0) is 30.6. The second kappa shape index (κ2) is 15.5. The smallest absolute Gasteiger partial charge is 0.266 e. The number of ether oxygens (including phenoxy) is 2. The van der Waals surface area contributed by atoms with Crippen LogP contribution in [0.2, 0.25) is 0 Å². The van der Waals surface area contributed by atoms with Crippen molar-refractivity contribution >= 4 is 33.8 Å². The Hall–Kier alpha value is -4.24. The van der Waals surface area contributed by atoms with Gasteiger partial charge in [0.05, 0.1) is 6.61 Å². The number of hydrogen-bond donors (Lipinski definition) is 3. The molecule has 4 aromatic rings. The Morgan fingerprint density at radius 3 is 2.36 bits per heavy atom. The summed E-state index contributed by atoms with van der Waals surface area (Å²) in [5.74, 6) is 0.783. The largest absolute Gasteiger partial charge is 0.494 e. The molecule has 0 aliphatic carbocycles. The molecule has 0 saturated carbocycles. The summed E-state index contributed by atoms with van der Waals surface area (Å²) >= 11 is 3.52. The van der Waals surface area contributed by atoms with Gasteiger partial charge in [0.2, 0.25) is 5.90 Å². The van der Waals surface area contributed by atoms with Gasteiger partial charge in [0.15, 0.2) is 11.6 Å². The molecule has 1 amide bonds. The molecular weight excluding hydrogens is 618 g/mol. The third-order valence-electron chi connectivity index (χ3n) is 7.33. The van der Waals surface area contributed by atoms with E-state index >= 15 is 0 Å². The summed E-state index contributed by atoms with van der Waals surface area (Å²) in [6.07, 6.45) is 4.93. The minimum absolute atomic E-state index is 0.0736. The fourth-order valence-electron chi connectivity index (χ4n) is 4.99. The molecular formula is C36H36BrN3O4. The second-order valence-corrected chi connectivity index (χ2v) is 11.4. The lowest BCUT2D eigenvalue weighted by Crippen LogP contribution is -2.52. The van der Waals surface area contributed by atoms with Crippen LogP contribution in [0.4, 0.5) is 0 Å². The lowest BCUT2D eigenvalue weighted by atomic mass is 9.84. The van der Waals surface area contributed by atoms with Crippen LogP contribution in [0.15, 0.2) is 125 Å². The van der Waals surface area contributed by atoms with Crippen molar-refractivity contribution in [2.24, 2.45) is 4.99 Å². The van der Waals surface area contributed by atoms with E-state index in [1.54, 1.807) is 0 Å². The summed E-state index contributed by atoms with van der Waals surface area (Å²) in [7, 11) is 0. The first-order chi connectivity index (χ1) is 21.6. The van der Waals surface area contributed by atoms with Gasteiger partial charge in [-0.1, -0.05) is 101 Å². The lowest BCUT2D eigenvalue weighted by Gasteiger charge is -2.30. The molecule has 0 saturated heterocycles. The van der Waals surface area contributed by atoms with Crippen molar-refractivity contribution in [1.29, 1.82) is 0 Å². The number of hydrazine groups is 1. The van der Waals surface area contributed by atoms with E-state index in [4.69, 9.17) is 19.6 Å². The quantitative estimate of drug-likeness (QED) is 0.108. The van der Waals surface area contributed by atoms with E-state index in [1.807, 2.05) is 109 Å².